The van der Waals surface area contributed by atoms with Crippen LogP contribution in [0.1, 0.15) is 57.8 Å². The first-order valence-electron chi connectivity index (χ1n) is 14.5. The van der Waals surface area contributed by atoms with E-state index < -0.39 is 0 Å². The number of carbonyl (C=O) groups is 2. The van der Waals surface area contributed by atoms with Crippen LogP contribution in [0.25, 0.3) is 10.4 Å². The number of benzene rings is 1. The standard InChI is InChI=1S/C32H35N3O4S/c36-27(18-22-8-9-22)28-19-23-10-13-35(26-6-2-1-4-24(26)30(23)40-28)31(37)25-5-3-7-29(33-25)34-14-17-39-21-32(20-34)11-15-38-16-12-32/h1-7,19,22H,8-18,20-21H2. The summed E-state index contributed by atoms with van der Waals surface area (Å²) >= 11 is 1.58. The van der Waals surface area contributed by atoms with Crippen LogP contribution >= 0.6 is 11.3 Å². The first-order valence-corrected chi connectivity index (χ1v) is 15.3. The largest absolute Gasteiger partial charge is 0.381 e. The molecule has 1 spiro atoms. The molecule has 3 aliphatic heterocycles. The molecule has 0 N–H and O–H groups in total. The van der Waals surface area contributed by atoms with Crippen LogP contribution < -0.4 is 9.80 Å². The third-order valence-electron chi connectivity index (χ3n) is 8.82. The number of ketones is 1. The summed E-state index contributed by atoms with van der Waals surface area (Å²) in [5, 5.41) is 0. The number of Topliss-reactive ketones (excluding diaryl/α,β-unsaturated/α-hetero) is 1. The highest BCUT2D eigenvalue weighted by Crippen LogP contribution is 2.43. The molecule has 0 atom stereocenters. The molecule has 2 aromatic heterocycles. The monoisotopic (exact) mass is 557 g/mol. The molecule has 1 aliphatic carbocycles. The molecule has 1 saturated carbocycles. The number of hydrogen-bond acceptors (Lipinski definition) is 7. The molecule has 3 aromatic rings. The number of rotatable bonds is 5. The number of amides is 1. The maximum absolute atomic E-state index is 14.0. The SMILES string of the molecule is O=C(CC1CC1)c1cc2c(s1)-c1ccccc1N(C(=O)c1cccc(N3CCOCC4(CCOCC4)C3)n1)CC2. The fourth-order valence-electron chi connectivity index (χ4n) is 6.28. The van der Waals surface area contributed by atoms with Gasteiger partial charge in [0.15, 0.2) is 5.78 Å². The Morgan fingerprint density at radius 2 is 1.85 bits per heavy atom. The number of para-hydroxylation sites is 1. The van der Waals surface area contributed by atoms with Crippen molar-refractivity contribution in [2.45, 2.75) is 38.5 Å². The summed E-state index contributed by atoms with van der Waals surface area (Å²) in [6, 6.07) is 15.9. The van der Waals surface area contributed by atoms with E-state index in [2.05, 4.69) is 17.0 Å². The summed E-state index contributed by atoms with van der Waals surface area (Å²) in [6.45, 7) is 5.07. The lowest BCUT2D eigenvalue weighted by Crippen LogP contribution is -2.43. The van der Waals surface area contributed by atoms with Crippen molar-refractivity contribution in [3.63, 3.8) is 0 Å². The lowest BCUT2D eigenvalue weighted by atomic mass is 9.80. The zero-order valence-electron chi connectivity index (χ0n) is 22.8. The molecule has 0 bridgehead atoms. The second kappa shape index (κ2) is 10.7. The van der Waals surface area contributed by atoms with Crippen LogP contribution in [0.5, 0.6) is 0 Å². The number of anilines is 2. The lowest BCUT2D eigenvalue weighted by Gasteiger charge is -2.38. The van der Waals surface area contributed by atoms with Gasteiger partial charge < -0.3 is 19.3 Å². The van der Waals surface area contributed by atoms with E-state index in [1.54, 1.807) is 11.3 Å². The van der Waals surface area contributed by atoms with Crippen LogP contribution in [-0.4, -0.2) is 62.7 Å². The lowest BCUT2D eigenvalue weighted by molar-refractivity contribution is -0.0240. The van der Waals surface area contributed by atoms with Crippen LogP contribution in [0, 0.1) is 11.3 Å². The van der Waals surface area contributed by atoms with Gasteiger partial charge in [0, 0.05) is 55.1 Å². The van der Waals surface area contributed by atoms with Crippen molar-refractivity contribution >= 4 is 34.5 Å². The van der Waals surface area contributed by atoms with Gasteiger partial charge in [-0.2, -0.15) is 0 Å². The molecule has 3 fully saturated rings. The molecule has 4 aliphatic rings. The molecule has 7 rings (SSSR count). The van der Waals surface area contributed by atoms with Crippen LogP contribution in [-0.2, 0) is 15.9 Å². The predicted octanol–water partition coefficient (Wildman–Crippen LogP) is 5.63. The van der Waals surface area contributed by atoms with Gasteiger partial charge in [-0.15, -0.1) is 11.3 Å². The van der Waals surface area contributed by atoms with Crippen LogP contribution in [0.15, 0.2) is 48.5 Å². The Morgan fingerprint density at radius 1 is 1.00 bits per heavy atom. The zero-order valence-corrected chi connectivity index (χ0v) is 23.6. The molecular formula is C32H35N3O4S. The molecule has 2 saturated heterocycles. The molecule has 0 radical (unpaired) electrons. The number of aromatic nitrogens is 1. The van der Waals surface area contributed by atoms with E-state index >= 15 is 0 Å². The van der Waals surface area contributed by atoms with E-state index in [1.165, 1.54) is 12.8 Å². The quantitative estimate of drug-likeness (QED) is 0.379. The van der Waals surface area contributed by atoms with Crippen molar-refractivity contribution in [3.8, 4) is 10.4 Å². The number of nitrogens with zero attached hydrogens (tertiary/aromatic N) is 3. The van der Waals surface area contributed by atoms with Gasteiger partial charge in [0.2, 0.25) is 0 Å². The first kappa shape index (κ1) is 25.9. The van der Waals surface area contributed by atoms with Gasteiger partial charge in [-0.25, -0.2) is 4.98 Å². The minimum atomic E-state index is -0.0960. The minimum Gasteiger partial charge on any atom is -0.381 e. The number of thiophene rings is 1. The van der Waals surface area contributed by atoms with Gasteiger partial charge in [-0.3, -0.25) is 9.59 Å². The highest BCUT2D eigenvalue weighted by atomic mass is 32.1. The number of pyridine rings is 1. The molecule has 1 aromatic carbocycles. The van der Waals surface area contributed by atoms with Crippen molar-refractivity contribution in [2.75, 3.05) is 55.9 Å². The summed E-state index contributed by atoms with van der Waals surface area (Å²) in [7, 11) is 0. The predicted molar refractivity (Wildman–Crippen MR) is 157 cm³/mol. The second-order valence-electron chi connectivity index (χ2n) is 11.7. The van der Waals surface area contributed by atoms with Crippen molar-refractivity contribution in [1.29, 1.82) is 0 Å². The summed E-state index contributed by atoms with van der Waals surface area (Å²) in [5.74, 6) is 1.56. The average molecular weight is 558 g/mol. The zero-order chi connectivity index (χ0) is 27.1. The Kier molecular flexibility index (Phi) is 6.94. The van der Waals surface area contributed by atoms with E-state index in [-0.39, 0.29) is 17.1 Å². The number of fused-ring (bicyclic) bond motifs is 3. The molecule has 5 heterocycles. The Bertz CT molecular complexity index is 1430. The van der Waals surface area contributed by atoms with Crippen LogP contribution in [0.2, 0.25) is 0 Å². The van der Waals surface area contributed by atoms with E-state index in [4.69, 9.17) is 14.5 Å². The van der Waals surface area contributed by atoms with Gasteiger partial charge in [-0.1, -0.05) is 24.3 Å². The topological polar surface area (TPSA) is 72.0 Å². The van der Waals surface area contributed by atoms with Crippen LogP contribution in [0.3, 0.4) is 0 Å². The summed E-state index contributed by atoms with van der Waals surface area (Å²) in [6.07, 6.45) is 5.67. The van der Waals surface area contributed by atoms with Crippen molar-refractivity contribution in [1.82, 2.24) is 4.98 Å². The molecule has 7 nitrogen and oxygen atoms in total. The Balaban J connectivity index is 1.16. The van der Waals surface area contributed by atoms with E-state index in [0.717, 1.165) is 78.1 Å². The second-order valence-corrected chi connectivity index (χ2v) is 12.8. The molecule has 40 heavy (non-hydrogen) atoms. The number of carbonyl (C=O) groups excluding carboxylic acids is 2. The highest BCUT2D eigenvalue weighted by Gasteiger charge is 2.37. The van der Waals surface area contributed by atoms with Gasteiger partial charge in [0.1, 0.15) is 11.5 Å². The van der Waals surface area contributed by atoms with Crippen molar-refractivity contribution in [3.05, 3.63) is 64.7 Å². The molecule has 208 valence electrons. The summed E-state index contributed by atoms with van der Waals surface area (Å²) < 4.78 is 11.6. The van der Waals surface area contributed by atoms with Gasteiger partial charge in [0.25, 0.3) is 5.91 Å². The van der Waals surface area contributed by atoms with E-state index in [9.17, 15) is 9.59 Å². The summed E-state index contributed by atoms with van der Waals surface area (Å²) in [4.78, 5) is 37.9. The fourth-order valence-corrected chi connectivity index (χ4v) is 7.47. The van der Waals surface area contributed by atoms with Crippen molar-refractivity contribution in [2.24, 2.45) is 11.3 Å². The minimum absolute atomic E-state index is 0.0660. The molecular weight excluding hydrogens is 522 g/mol. The third kappa shape index (κ3) is 5.08. The normalized spacial score (nSPS) is 20.4. The highest BCUT2D eigenvalue weighted by molar-refractivity contribution is 7.17. The molecule has 0 unspecified atom stereocenters. The van der Waals surface area contributed by atoms with Crippen LogP contribution in [0.4, 0.5) is 11.5 Å². The number of ether oxygens (including phenoxy) is 2. The summed E-state index contributed by atoms with van der Waals surface area (Å²) in [5.41, 5.74) is 3.56. The smallest absolute Gasteiger partial charge is 0.276 e. The van der Waals surface area contributed by atoms with Gasteiger partial charge in [0.05, 0.1) is 23.8 Å². The Hall–Kier alpha value is -3.07. The van der Waals surface area contributed by atoms with Crippen molar-refractivity contribution < 1.29 is 19.1 Å². The van der Waals surface area contributed by atoms with E-state index in [1.807, 2.05) is 41.3 Å². The Morgan fingerprint density at radius 3 is 2.70 bits per heavy atom. The maximum atomic E-state index is 14.0. The Labute approximate surface area is 239 Å². The number of hydrogen-bond donors (Lipinski definition) is 0. The van der Waals surface area contributed by atoms with Gasteiger partial charge >= 0.3 is 0 Å². The first-order chi connectivity index (χ1) is 19.6. The molecule has 1 amide bonds. The molecule has 8 heteroatoms. The third-order valence-corrected chi connectivity index (χ3v) is 10.1. The van der Waals surface area contributed by atoms with E-state index in [0.29, 0.717) is 37.6 Å². The average Bonchev–Trinajstić information content (AvgIpc) is 3.76. The fraction of sp³-hybridized carbons (Fsp3) is 0.469. The van der Waals surface area contributed by atoms with Gasteiger partial charge in [-0.05, 0) is 67.9 Å². The maximum Gasteiger partial charge on any atom is 0.276 e.